The molecule has 0 aliphatic carbocycles. The summed E-state index contributed by atoms with van der Waals surface area (Å²) in [5.74, 6) is 0.156. The first-order valence-electron chi connectivity index (χ1n) is 4.54. The van der Waals surface area contributed by atoms with Gasteiger partial charge in [0.15, 0.2) is 0 Å². The normalized spacial score (nSPS) is 10.5. The molecule has 0 radical (unpaired) electrons. The summed E-state index contributed by atoms with van der Waals surface area (Å²) in [6.45, 7) is 2.35. The van der Waals surface area contributed by atoms with Crippen molar-refractivity contribution in [3.8, 4) is 0 Å². The molecule has 0 aliphatic heterocycles. The van der Waals surface area contributed by atoms with E-state index in [1.165, 1.54) is 12.3 Å². The Hall–Kier alpha value is -1.91. The predicted molar refractivity (Wildman–Crippen MR) is 54.7 cm³/mol. The topological polar surface area (TPSA) is 56.7 Å². The Kier molecular flexibility index (Phi) is 2.37. The highest BCUT2D eigenvalue weighted by Crippen LogP contribution is 2.09. The minimum atomic E-state index is -0.343. The highest BCUT2D eigenvalue weighted by Gasteiger charge is 2.02. The molecule has 0 saturated carbocycles. The lowest BCUT2D eigenvalue weighted by molar-refractivity contribution is 0.612. The summed E-state index contributed by atoms with van der Waals surface area (Å²) in [4.78, 5) is 3.76. The van der Waals surface area contributed by atoms with Gasteiger partial charge in [0, 0.05) is 18.0 Å². The molecule has 2 rings (SSSR count). The number of nitrogens with zero attached hydrogens (tertiary/aromatic N) is 3. The number of aromatic nitrogens is 3. The Morgan fingerprint density at radius 2 is 2.27 bits per heavy atom. The molecule has 78 valence electrons. The molecular formula is C10H11FN4. The van der Waals surface area contributed by atoms with Gasteiger partial charge >= 0.3 is 0 Å². The zero-order valence-electron chi connectivity index (χ0n) is 8.31. The number of hydrogen-bond acceptors (Lipinski definition) is 3. The molecule has 0 saturated heterocycles. The van der Waals surface area contributed by atoms with Gasteiger partial charge in [0.1, 0.15) is 11.6 Å². The number of nitrogens with two attached hydrogens (primary N) is 1. The Balaban J connectivity index is 2.22. The van der Waals surface area contributed by atoms with Crippen LogP contribution in [0.1, 0.15) is 11.1 Å². The maximum atomic E-state index is 12.8. The fourth-order valence-corrected chi connectivity index (χ4v) is 1.35. The van der Waals surface area contributed by atoms with Gasteiger partial charge in [-0.3, -0.25) is 9.67 Å². The molecule has 0 aliphatic rings. The number of nitrogen functional groups attached to an aromatic ring is 1. The van der Waals surface area contributed by atoms with Crippen LogP contribution in [0.15, 0.2) is 24.7 Å². The van der Waals surface area contributed by atoms with Crippen LogP contribution in [-0.2, 0) is 6.54 Å². The average Bonchev–Trinajstić information content (AvgIpc) is 2.45. The van der Waals surface area contributed by atoms with Crippen LogP contribution in [0.5, 0.6) is 0 Å². The number of anilines is 1. The summed E-state index contributed by atoms with van der Waals surface area (Å²) in [5, 5.41) is 4.08. The van der Waals surface area contributed by atoms with Crippen molar-refractivity contribution >= 4 is 5.82 Å². The molecule has 15 heavy (non-hydrogen) atoms. The van der Waals surface area contributed by atoms with Crippen molar-refractivity contribution in [2.45, 2.75) is 13.5 Å². The number of rotatable bonds is 2. The van der Waals surface area contributed by atoms with E-state index in [2.05, 4.69) is 10.1 Å². The van der Waals surface area contributed by atoms with Crippen LogP contribution in [0.25, 0.3) is 0 Å². The van der Waals surface area contributed by atoms with Gasteiger partial charge in [-0.1, -0.05) is 0 Å². The molecule has 5 heteroatoms. The first kappa shape index (κ1) is 9.64. The molecule has 0 aromatic carbocycles. The largest absolute Gasteiger partial charge is 0.382 e. The summed E-state index contributed by atoms with van der Waals surface area (Å²) >= 11 is 0. The van der Waals surface area contributed by atoms with Gasteiger partial charge in [0.25, 0.3) is 0 Å². The Morgan fingerprint density at radius 3 is 2.87 bits per heavy atom. The molecule has 0 fully saturated rings. The Labute approximate surface area is 86.6 Å². The van der Waals surface area contributed by atoms with E-state index in [0.29, 0.717) is 12.4 Å². The van der Waals surface area contributed by atoms with Crippen LogP contribution in [0, 0.1) is 12.7 Å². The minimum absolute atomic E-state index is 0.343. The molecule has 2 aromatic rings. The van der Waals surface area contributed by atoms with E-state index in [1.54, 1.807) is 10.9 Å². The Morgan fingerprint density at radius 1 is 1.47 bits per heavy atom. The lowest BCUT2D eigenvalue weighted by Gasteiger charge is -2.00. The molecule has 0 bridgehead atoms. The molecule has 2 N–H and O–H groups in total. The van der Waals surface area contributed by atoms with E-state index in [0.717, 1.165) is 11.1 Å². The zero-order chi connectivity index (χ0) is 10.8. The van der Waals surface area contributed by atoms with Crippen molar-refractivity contribution in [1.82, 2.24) is 14.8 Å². The van der Waals surface area contributed by atoms with Crippen LogP contribution >= 0.6 is 0 Å². The lowest BCUT2D eigenvalue weighted by atomic mass is 10.3. The number of halogens is 1. The van der Waals surface area contributed by atoms with E-state index < -0.39 is 0 Å². The highest BCUT2D eigenvalue weighted by molar-refractivity contribution is 5.35. The van der Waals surface area contributed by atoms with Gasteiger partial charge in [-0.15, -0.1) is 0 Å². The fourth-order valence-electron chi connectivity index (χ4n) is 1.35. The summed E-state index contributed by atoms with van der Waals surface area (Å²) in [7, 11) is 0. The van der Waals surface area contributed by atoms with Gasteiger partial charge < -0.3 is 5.73 Å². The summed E-state index contributed by atoms with van der Waals surface area (Å²) in [6.07, 6.45) is 4.60. The van der Waals surface area contributed by atoms with E-state index in [4.69, 9.17) is 5.73 Å². The summed E-state index contributed by atoms with van der Waals surface area (Å²) in [5.41, 5.74) is 7.28. The van der Waals surface area contributed by atoms with Gasteiger partial charge in [0.05, 0.1) is 12.7 Å². The maximum Gasteiger partial charge on any atom is 0.148 e. The van der Waals surface area contributed by atoms with Crippen molar-refractivity contribution in [2.75, 3.05) is 5.73 Å². The van der Waals surface area contributed by atoms with Crippen LogP contribution in [0.3, 0.4) is 0 Å². The Bertz CT molecular complexity index is 459. The molecule has 0 amide bonds. The smallest absolute Gasteiger partial charge is 0.148 e. The molecule has 0 atom stereocenters. The second kappa shape index (κ2) is 3.68. The number of aryl methyl sites for hydroxylation is 1. The van der Waals surface area contributed by atoms with Crippen LogP contribution in [0.4, 0.5) is 10.2 Å². The van der Waals surface area contributed by atoms with Crippen LogP contribution in [0.2, 0.25) is 0 Å². The second-order valence-corrected chi connectivity index (χ2v) is 3.41. The standard InChI is InChI=1S/C10H11FN4/c1-7-5-15(14-10(7)12)6-8-2-9(11)4-13-3-8/h2-5H,6H2,1H3,(H2,12,14). The van der Waals surface area contributed by atoms with Crippen molar-refractivity contribution in [3.63, 3.8) is 0 Å². The minimum Gasteiger partial charge on any atom is -0.382 e. The third-order valence-corrected chi connectivity index (χ3v) is 2.09. The van der Waals surface area contributed by atoms with E-state index in [9.17, 15) is 4.39 Å². The van der Waals surface area contributed by atoms with Crippen molar-refractivity contribution in [1.29, 1.82) is 0 Å². The number of hydrogen-bond donors (Lipinski definition) is 1. The van der Waals surface area contributed by atoms with Gasteiger partial charge in [-0.05, 0) is 18.6 Å². The van der Waals surface area contributed by atoms with E-state index in [1.807, 2.05) is 13.1 Å². The van der Waals surface area contributed by atoms with Crippen molar-refractivity contribution < 1.29 is 4.39 Å². The second-order valence-electron chi connectivity index (χ2n) is 3.41. The molecular weight excluding hydrogens is 195 g/mol. The number of pyridine rings is 1. The predicted octanol–water partition coefficient (Wildman–Crippen LogP) is 1.36. The average molecular weight is 206 g/mol. The highest BCUT2D eigenvalue weighted by atomic mass is 19.1. The quantitative estimate of drug-likeness (QED) is 0.807. The van der Waals surface area contributed by atoms with Gasteiger partial charge in [-0.2, -0.15) is 5.10 Å². The fraction of sp³-hybridized carbons (Fsp3) is 0.200. The van der Waals surface area contributed by atoms with Gasteiger partial charge in [0.2, 0.25) is 0 Å². The zero-order valence-corrected chi connectivity index (χ0v) is 8.31. The molecule has 2 heterocycles. The third-order valence-electron chi connectivity index (χ3n) is 2.09. The monoisotopic (exact) mass is 206 g/mol. The lowest BCUT2D eigenvalue weighted by Crippen LogP contribution is -2.01. The van der Waals surface area contributed by atoms with Gasteiger partial charge in [-0.25, -0.2) is 4.39 Å². The summed E-state index contributed by atoms with van der Waals surface area (Å²) < 4.78 is 14.5. The van der Waals surface area contributed by atoms with Crippen LogP contribution in [-0.4, -0.2) is 14.8 Å². The summed E-state index contributed by atoms with van der Waals surface area (Å²) in [6, 6.07) is 1.43. The van der Waals surface area contributed by atoms with Crippen molar-refractivity contribution in [3.05, 3.63) is 41.6 Å². The maximum absolute atomic E-state index is 12.8. The molecule has 0 spiro atoms. The first-order chi connectivity index (χ1) is 7.15. The van der Waals surface area contributed by atoms with E-state index >= 15 is 0 Å². The van der Waals surface area contributed by atoms with Crippen molar-refractivity contribution in [2.24, 2.45) is 0 Å². The van der Waals surface area contributed by atoms with Crippen LogP contribution < -0.4 is 5.73 Å². The van der Waals surface area contributed by atoms with E-state index in [-0.39, 0.29) is 5.82 Å². The molecule has 2 aromatic heterocycles. The SMILES string of the molecule is Cc1cn(Cc2cncc(F)c2)nc1N. The first-order valence-corrected chi connectivity index (χ1v) is 4.54. The third kappa shape index (κ3) is 2.12. The molecule has 0 unspecified atom stereocenters. The molecule has 4 nitrogen and oxygen atoms in total.